The van der Waals surface area contributed by atoms with Gasteiger partial charge in [0, 0.05) is 24.0 Å². The van der Waals surface area contributed by atoms with Crippen LogP contribution in [-0.4, -0.2) is 32.8 Å². The topological polar surface area (TPSA) is 51.0 Å². The number of aromatic nitrogens is 3. The maximum atomic E-state index is 12.5. The standard InChI is InChI=1S/C15H16N4OS/c1-3-19-14-7-6-11(9-13(14)16-17-19)15(20)18(2)10-12-5-4-8-21-12/h4-9H,3,10H2,1-2H3. The number of nitrogens with zero attached hydrogens (tertiary/aromatic N) is 4. The fourth-order valence-corrected chi connectivity index (χ4v) is 3.02. The van der Waals surface area contributed by atoms with Crippen LogP contribution in [0.3, 0.4) is 0 Å². The van der Waals surface area contributed by atoms with Crippen molar-refractivity contribution in [2.24, 2.45) is 0 Å². The second-order valence-corrected chi connectivity index (χ2v) is 5.88. The van der Waals surface area contributed by atoms with Gasteiger partial charge in [0.25, 0.3) is 5.91 Å². The molecule has 5 nitrogen and oxygen atoms in total. The Morgan fingerprint density at radius 2 is 2.24 bits per heavy atom. The molecule has 21 heavy (non-hydrogen) atoms. The van der Waals surface area contributed by atoms with Gasteiger partial charge in [-0.15, -0.1) is 16.4 Å². The quantitative estimate of drug-likeness (QED) is 0.744. The number of amides is 1. The lowest BCUT2D eigenvalue weighted by Crippen LogP contribution is -2.25. The highest BCUT2D eigenvalue weighted by atomic mass is 32.1. The Morgan fingerprint density at radius 3 is 2.95 bits per heavy atom. The van der Waals surface area contributed by atoms with Crippen LogP contribution in [0.2, 0.25) is 0 Å². The number of fused-ring (bicyclic) bond motifs is 1. The Kier molecular flexibility index (Phi) is 3.70. The molecule has 0 radical (unpaired) electrons. The Labute approximate surface area is 126 Å². The lowest BCUT2D eigenvalue weighted by Gasteiger charge is -2.16. The average Bonchev–Trinajstić information content (AvgIpc) is 3.14. The van der Waals surface area contributed by atoms with Crippen molar-refractivity contribution in [1.29, 1.82) is 0 Å². The predicted octanol–water partition coefficient (Wildman–Crippen LogP) is 2.78. The molecule has 0 aliphatic rings. The highest BCUT2D eigenvalue weighted by Gasteiger charge is 2.14. The molecule has 0 saturated carbocycles. The molecular weight excluding hydrogens is 284 g/mol. The molecule has 0 N–H and O–H groups in total. The van der Waals surface area contributed by atoms with Crippen LogP contribution in [-0.2, 0) is 13.1 Å². The lowest BCUT2D eigenvalue weighted by atomic mass is 10.1. The van der Waals surface area contributed by atoms with E-state index in [2.05, 4.69) is 10.3 Å². The maximum absolute atomic E-state index is 12.5. The molecule has 0 saturated heterocycles. The van der Waals surface area contributed by atoms with Crippen molar-refractivity contribution in [3.05, 3.63) is 46.2 Å². The molecule has 1 aromatic carbocycles. The summed E-state index contributed by atoms with van der Waals surface area (Å²) in [6.07, 6.45) is 0. The van der Waals surface area contributed by atoms with Gasteiger partial charge < -0.3 is 4.90 Å². The number of thiophene rings is 1. The van der Waals surface area contributed by atoms with E-state index < -0.39 is 0 Å². The van der Waals surface area contributed by atoms with E-state index in [1.807, 2.05) is 54.4 Å². The van der Waals surface area contributed by atoms with Gasteiger partial charge in [0.1, 0.15) is 5.52 Å². The van der Waals surface area contributed by atoms with Gasteiger partial charge in [-0.1, -0.05) is 11.3 Å². The molecule has 0 aliphatic heterocycles. The SMILES string of the molecule is CCn1nnc2cc(C(=O)N(C)Cc3cccs3)ccc21. The van der Waals surface area contributed by atoms with E-state index in [9.17, 15) is 4.79 Å². The maximum Gasteiger partial charge on any atom is 0.254 e. The summed E-state index contributed by atoms with van der Waals surface area (Å²) in [4.78, 5) is 15.4. The van der Waals surface area contributed by atoms with Gasteiger partial charge in [0.05, 0.1) is 12.1 Å². The molecule has 2 aromatic heterocycles. The van der Waals surface area contributed by atoms with Gasteiger partial charge >= 0.3 is 0 Å². The second kappa shape index (κ2) is 5.65. The minimum absolute atomic E-state index is 0.00338. The molecule has 0 fully saturated rings. The normalized spacial score (nSPS) is 11.0. The number of rotatable bonds is 4. The van der Waals surface area contributed by atoms with Crippen molar-refractivity contribution in [1.82, 2.24) is 19.9 Å². The van der Waals surface area contributed by atoms with E-state index in [1.165, 1.54) is 4.88 Å². The first-order chi connectivity index (χ1) is 10.2. The first-order valence-corrected chi connectivity index (χ1v) is 7.68. The van der Waals surface area contributed by atoms with E-state index in [4.69, 9.17) is 0 Å². The second-order valence-electron chi connectivity index (χ2n) is 4.85. The summed E-state index contributed by atoms with van der Waals surface area (Å²) in [6, 6.07) is 9.58. The summed E-state index contributed by atoms with van der Waals surface area (Å²) >= 11 is 1.65. The number of aryl methyl sites for hydroxylation is 1. The predicted molar refractivity (Wildman–Crippen MR) is 83.3 cm³/mol. The highest BCUT2D eigenvalue weighted by molar-refractivity contribution is 7.09. The van der Waals surface area contributed by atoms with Crippen molar-refractivity contribution >= 4 is 28.3 Å². The van der Waals surface area contributed by atoms with Gasteiger partial charge in [-0.05, 0) is 36.6 Å². The van der Waals surface area contributed by atoms with Crippen LogP contribution in [0.15, 0.2) is 35.7 Å². The molecule has 2 heterocycles. The van der Waals surface area contributed by atoms with Crippen LogP contribution in [0.25, 0.3) is 11.0 Å². The minimum atomic E-state index is -0.00338. The number of carbonyl (C=O) groups excluding carboxylic acids is 1. The Hall–Kier alpha value is -2.21. The number of carbonyl (C=O) groups is 1. The van der Waals surface area contributed by atoms with Crippen molar-refractivity contribution in [3.63, 3.8) is 0 Å². The van der Waals surface area contributed by atoms with Gasteiger partial charge in [0.15, 0.2) is 0 Å². The first kappa shape index (κ1) is 13.8. The van der Waals surface area contributed by atoms with Crippen LogP contribution in [0.1, 0.15) is 22.2 Å². The summed E-state index contributed by atoms with van der Waals surface area (Å²) in [5.74, 6) is -0.00338. The Bertz CT molecular complexity index is 763. The molecule has 1 amide bonds. The van der Waals surface area contributed by atoms with Gasteiger partial charge in [-0.2, -0.15) is 0 Å². The molecule has 0 spiro atoms. The third-order valence-corrected chi connectivity index (χ3v) is 4.24. The molecule has 0 unspecified atom stereocenters. The molecular formula is C15H16N4OS. The summed E-state index contributed by atoms with van der Waals surface area (Å²) < 4.78 is 1.82. The van der Waals surface area contributed by atoms with E-state index in [0.717, 1.165) is 17.6 Å². The summed E-state index contributed by atoms with van der Waals surface area (Å²) in [7, 11) is 1.81. The van der Waals surface area contributed by atoms with Crippen LogP contribution in [0.4, 0.5) is 0 Å². The average molecular weight is 300 g/mol. The fourth-order valence-electron chi connectivity index (χ4n) is 2.27. The monoisotopic (exact) mass is 300 g/mol. The van der Waals surface area contributed by atoms with E-state index >= 15 is 0 Å². The van der Waals surface area contributed by atoms with Crippen LogP contribution >= 0.6 is 11.3 Å². The number of benzene rings is 1. The van der Waals surface area contributed by atoms with Gasteiger partial charge in [-0.25, -0.2) is 4.68 Å². The van der Waals surface area contributed by atoms with Crippen molar-refractivity contribution in [2.75, 3.05) is 7.05 Å². The van der Waals surface area contributed by atoms with E-state index in [-0.39, 0.29) is 5.91 Å². The molecule has 3 aromatic rings. The Balaban J connectivity index is 1.84. The van der Waals surface area contributed by atoms with E-state index in [0.29, 0.717) is 12.1 Å². The molecule has 0 aliphatic carbocycles. The summed E-state index contributed by atoms with van der Waals surface area (Å²) in [5.41, 5.74) is 2.35. The third-order valence-electron chi connectivity index (χ3n) is 3.38. The van der Waals surface area contributed by atoms with Crippen molar-refractivity contribution in [2.45, 2.75) is 20.0 Å². The molecule has 0 atom stereocenters. The van der Waals surface area contributed by atoms with Crippen LogP contribution < -0.4 is 0 Å². The van der Waals surface area contributed by atoms with Crippen molar-refractivity contribution in [3.8, 4) is 0 Å². The fraction of sp³-hybridized carbons (Fsp3) is 0.267. The van der Waals surface area contributed by atoms with Gasteiger partial charge in [-0.3, -0.25) is 4.79 Å². The number of hydrogen-bond acceptors (Lipinski definition) is 4. The minimum Gasteiger partial charge on any atom is -0.337 e. The molecule has 3 rings (SSSR count). The summed E-state index contributed by atoms with van der Waals surface area (Å²) in [5, 5.41) is 10.2. The van der Waals surface area contributed by atoms with Crippen LogP contribution in [0.5, 0.6) is 0 Å². The third kappa shape index (κ3) is 2.67. The highest BCUT2D eigenvalue weighted by Crippen LogP contribution is 2.17. The summed E-state index contributed by atoms with van der Waals surface area (Å²) in [6.45, 7) is 3.40. The molecule has 0 bridgehead atoms. The lowest BCUT2D eigenvalue weighted by molar-refractivity contribution is 0.0786. The van der Waals surface area contributed by atoms with Crippen LogP contribution in [0, 0.1) is 0 Å². The Morgan fingerprint density at radius 1 is 1.38 bits per heavy atom. The molecule has 6 heteroatoms. The zero-order chi connectivity index (χ0) is 14.8. The zero-order valence-electron chi connectivity index (χ0n) is 12.0. The first-order valence-electron chi connectivity index (χ1n) is 6.80. The van der Waals surface area contributed by atoms with Gasteiger partial charge in [0.2, 0.25) is 0 Å². The largest absolute Gasteiger partial charge is 0.337 e. The number of hydrogen-bond donors (Lipinski definition) is 0. The zero-order valence-corrected chi connectivity index (χ0v) is 12.8. The smallest absolute Gasteiger partial charge is 0.254 e. The molecule has 108 valence electrons. The van der Waals surface area contributed by atoms with E-state index in [1.54, 1.807) is 16.2 Å². The van der Waals surface area contributed by atoms with Crippen molar-refractivity contribution < 1.29 is 4.79 Å².